The molecule has 0 atom stereocenters. The quantitative estimate of drug-likeness (QED) is 0.134. The number of nitrogens with one attached hydrogen (secondary N) is 3. The van der Waals surface area contributed by atoms with Crippen LogP contribution >= 0.6 is 0 Å². The number of fused-ring (bicyclic) bond motifs is 1. The van der Waals surface area contributed by atoms with Gasteiger partial charge in [-0.2, -0.15) is 5.10 Å². The van der Waals surface area contributed by atoms with Crippen molar-refractivity contribution in [2.75, 3.05) is 104 Å². The number of amides is 4. The second-order valence-electron chi connectivity index (χ2n) is 19.4. The third kappa shape index (κ3) is 11.8. The normalized spacial score (nSPS) is 17.1. The lowest BCUT2D eigenvalue weighted by molar-refractivity contribution is -0.134. The Labute approximate surface area is 421 Å². The molecule has 0 bridgehead atoms. The molecule has 4 amide bonds. The van der Waals surface area contributed by atoms with E-state index in [2.05, 4.69) is 52.7 Å². The maximum Gasteiger partial charge on any atom is 0.274 e. The number of pyridine rings is 1. The van der Waals surface area contributed by atoms with E-state index in [1.807, 2.05) is 35.2 Å². The van der Waals surface area contributed by atoms with Crippen LogP contribution in [0, 0.1) is 11.7 Å². The van der Waals surface area contributed by atoms with E-state index in [-0.39, 0.29) is 41.1 Å². The number of aromatic amines is 1. The smallest absolute Gasteiger partial charge is 0.274 e. The summed E-state index contributed by atoms with van der Waals surface area (Å²) < 4.78 is 20.5. The van der Waals surface area contributed by atoms with Gasteiger partial charge in [-0.05, 0) is 65.8 Å². The summed E-state index contributed by atoms with van der Waals surface area (Å²) in [5.41, 5.74) is 5.24. The number of hydrogen-bond acceptors (Lipinski definition) is 13. The van der Waals surface area contributed by atoms with Crippen LogP contribution in [0.5, 0.6) is 0 Å². The molecule has 10 rings (SSSR count). The third-order valence-corrected chi connectivity index (χ3v) is 14.5. The van der Waals surface area contributed by atoms with Gasteiger partial charge in [0, 0.05) is 114 Å². The van der Waals surface area contributed by atoms with E-state index in [0.29, 0.717) is 112 Å². The molecular weight excluding hydrogens is 932 g/mol. The van der Waals surface area contributed by atoms with E-state index in [1.165, 1.54) is 18.0 Å². The van der Waals surface area contributed by atoms with Gasteiger partial charge in [-0.15, -0.1) is 0 Å². The minimum atomic E-state index is -0.614. The molecule has 73 heavy (non-hydrogen) atoms. The number of piperidine rings is 1. The lowest BCUT2D eigenvalue weighted by Gasteiger charge is -2.40. The van der Waals surface area contributed by atoms with Gasteiger partial charge in [0.15, 0.2) is 5.69 Å². The van der Waals surface area contributed by atoms with Crippen LogP contribution in [0.25, 0.3) is 21.9 Å². The van der Waals surface area contributed by atoms with Gasteiger partial charge >= 0.3 is 0 Å². The maximum atomic E-state index is 15.1. The Balaban J connectivity index is 0.677. The molecule has 0 unspecified atom stereocenters. The second kappa shape index (κ2) is 22.6. The number of benzene rings is 3. The van der Waals surface area contributed by atoms with Crippen LogP contribution in [-0.2, 0) is 27.3 Å². The molecular formula is C54H59FN12O6. The monoisotopic (exact) mass is 990 g/mol. The number of hydrogen-bond donors (Lipinski definition) is 3. The first-order chi connectivity index (χ1) is 35.6. The number of carbonyl (C=O) groups is 4. The van der Waals surface area contributed by atoms with Gasteiger partial charge in [-0.25, -0.2) is 24.4 Å². The molecule has 378 valence electrons. The number of halogens is 1. The van der Waals surface area contributed by atoms with Crippen molar-refractivity contribution < 1.29 is 28.3 Å². The van der Waals surface area contributed by atoms with Crippen molar-refractivity contribution in [3.05, 3.63) is 148 Å². The summed E-state index contributed by atoms with van der Waals surface area (Å²) in [6, 6.07) is 23.5. The molecule has 19 heteroatoms. The Morgan fingerprint density at radius 1 is 0.753 bits per heavy atom. The Morgan fingerprint density at radius 3 is 2.26 bits per heavy atom. The largest absolute Gasteiger partial charge is 0.380 e. The lowest BCUT2D eigenvalue weighted by atomic mass is 9.94. The van der Waals surface area contributed by atoms with Crippen LogP contribution in [0.3, 0.4) is 0 Å². The number of likely N-dealkylation sites (tertiary alicyclic amines) is 1. The second-order valence-corrected chi connectivity index (χ2v) is 19.4. The fourth-order valence-electron chi connectivity index (χ4n) is 10.1. The first-order valence-electron chi connectivity index (χ1n) is 25.1. The molecule has 4 saturated heterocycles. The molecule has 4 aliphatic heterocycles. The number of nitrogens with zero attached hydrogens (tertiary/aromatic N) is 9. The van der Waals surface area contributed by atoms with Crippen LogP contribution in [0.15, 0.2) is 102 Å². The molecule has 18 nitrogen and oxygen atoms in total. The van der Waals surface area contributed by atoms with Gasteiger partial charge in [0.2, 0.25) is 11.8 Å². The molecule has 0 spiro atoms. The number of rotatable bonds is 15. The summed E-state index contributed by atoms with van der Waals surface area (Å²) in [5, 5.41) is 14.1. The van der Waals surface area contributed by atoms with E-state index < -0.39 is 11.7 Å². The molecule has 3 aromatic carbocycles. The zero-order chi connectivity index (χ0) is 50.3. The van der Waals surface area contributed by atoms with Crippen LogP contribution in [0.4, 0.5) is 10.1 Å². The zero-order valence-corrected chi connectivity index (χ0v) is 40.7. The number of H-pyrrole nitrogens is 1. The minimum Gasteiger partial charge on any atom is -0.380 e. The molecule has 6 aromatic rings. The Kier molecular flexibility index (Phi) is 15.3. The average molecular weight is 991 g/mol. The lowest BCUT2D eigenvalue weighted by Crippen LogP contribution is -2.55. The summed E-state index contributed by atoms with van der Waals surface area (Å²) in [5.74, 6) is -0.788. The van der Waals surface area contributed by atoms with Crippen molar-refractivity contribution in [3.63, 3.8) is 0 Å². The fraction of sp³-hybridized carbons (Fsp3) is 0.389. The predicted molar refractivity (Wildman–Crippen MR) is 271 cm³/mol. The highest BCUT2D eigenvalue weighted by Crippen LogP contribution is 2.31. The molecule has 0 aliphatic carbocycles. The minimum absolute atomic E-state index is 0.0116. The van der Waals surface area contributed by atoms with Gasteiger partial charge in [-0.3, -0.25) is 28.9 Å². The highest BCUT2D eigenvalue weighted by molar-refractivity contribution is 6.03. The van der Waals surface area contributed by atoms with E-state index in [1.54, 1.807) is 52.5 Å². The number of aromatic nitrogens is 5. The first kappa shape index (κ1) is 49.3. The Morgan fingerprint density at radius 2 is 1.51 bits per heavy atom. The summed E-state index contributed by atoms with van der Waals surface area (Å²) in [7, 11) is 0. The number of ether oxygens (including phenoxy) is 1. The number of anilines is 1. The average Bonchev–Trinajstić information content (AvgIpc) is 3.40. The molecule has 3 N–H and O–H groups in total. The Hall–Kier alpha value is -7.32. The SMILES string of the molecule is O=C(CNCc1ccncn1)Nc1cc(-c2cccc(C3COC3)c2)cnc1C(=O)N1CCC(CN2CCN(CC(=O)N3CCN(C(=O)c4cc(Cc5n[nH]c(=O)c6ccccc56)ccc4F)CC3)CC2)CC1. The van der Waals surface area contributed by atoms with Crippen molar-refractivity contribution >= 4 is 40.1 Å². The molecule has 3 aromatic heterocycles. The van der Waals surface area contributed by atoms with Crippen LogP contribution in [0.1, 0.15) is 62.1 Å². The van der Waals surface area contributed by atoms with Crippen molar-refractivity contribution in [1.82, 2.24) is 55.0 Å². The van der Waals surface area contributed by atoms with E-state index in [9.17, 15) is 24.0 Å². The van der Waals surface area contributed by atoms with Crippen molar-refractivity contribution in [3.8, 4) is 11.1 Å². The summed E-state index contributed by atoms with van der Waals surface area (Å²) >= 11 is 0. The van der Waals surface area contributed by atoms with E-state index in [0.717, 1.165) is 62.4 Å². The highest BCUT2D eigenvalue weighted by atomic mass is 19.1. The third-order valence-electron chi connectivity index (χ3n) is 14.5. The standard InChI is InChI=1S/C54H59FN12O6/c55-46-9-8-37(25-47-43-6-1-2-7-44(43)52(70)62-61-47)24-45(46)53(71)67-22-20-65(21-23-67)50(69)32-64-18-16-63(17-19-64)31-36-11-14-66(15-12-36)54(72)51-48(60-49(68)30-57-29-42-10-13-56-35-59-42)27-40(28-58-51)38-4-3-5-39(26-38)41-33-73-34-41/h1-10,13,24,26-28,35-36,41,57H,11-12,14-23,25,29-34H2,(H,60,68)(H,62,70). The fourth-order valence-corrected chi connectivity index (χ4v) is 10.1. The topological polar surface area (TPSA) is 202 Å². The zero-order valence-electron chi connectivity index (χ0n) is 40.7. The van der Waals surface area contributed by atoms with Gasteiger partial charge in [0.05, 0.1) is 54.3 Å². The molecule has 0 radical (unpaired) electrons. The van der Waals surface area contributed by atoms with Gasteiger partial charge in [-0.1, -0.05) is 48.5 Å². The molecule has 0 saturated carbocycles. The number of piperazine rings is 2. The predicted octanol–water partition coefficient (Wildman–Crippen LogP) is 3.80. The maximum absolute atomic E-state index is 15.1. The van der Waals surface area contributed by atoms with Crippen LogP contribution in [0.2, 0.25) is 0 Å². The van der Waals surface area contributed by atoms with Crippen molar-refractivity contribution in [1.29, 1.82) is 0 Å². The van der Waals surface area contributed by atoms with Gasteiger partial charge < -0.3 is 35.0 Å². The van der Waals surface area contributed by atoms with Crippen LogP contribution < -0.4 is 16.2 Å². The first-order valence-corrected chi connectivity index (χ1v) is 25.1. The van der Waals surface area contributed by atoms with E-state index in [4.69, 9.17) is 9.72 Å². The molecule has 7 heterocycles. The molecule has 4 fully saturated rings. The summed E-state index contributed by atoms with van der Waals surface area (Å²) in [6.45, 7) is 8.65. The van der Waals surface area contributed by atoms with Crippen LogP contribution in [-0.4, -0.2) is 172 Å². The highest BCUT2D eigenvalue weighted by Gasteiger charge is 2.31. The van der Waals surface area contributed by atoms with E-state index >= 15 is 4.39 Å². The van der Waals surface area contributed by atoms with Gasteiger partial charge in [0.25, 0.3) is 17.4 Å². The Bertz CT molecular complexity index is 3020. The van der Waals surface area contributed by atoms with Crippen molar-refractivity contribution in [2.24, 2.45) is 5.92 Å². The van der Waals surface area contributed by atoms with Crippen molar-refractivity contribution in [2.45, 2.75) is 31.7 Å². The number of carbonyl (C=O) groups excluding carboxylic acids is 4. The summed E-state index contributed by atoms with van der Waals surface area (Å²) in [4.78, 5) is 89.5. The summed E-state index contributed by atoms with van der Waals surface area (Å²) in [6.07, 6.45) is 6.80. The molecule has 4 aliphatic rings. The van der Waals surface area contributed by atoms with Gasteiger partial charge in [0.1, 0.15) is 12.1 Å².